The van der Waals surface area contributed by atoms with Crippen molar-refractivity contribution in [1.82, 2.24) is 14.8 Å². The molecule has 1 saturated heterocycles. The molecule has 5 nitrogen and oxygen atoms in total. The van der Waals surface area contributed by atoms with E-state index in [1.165, 1.54) is 6.33 Å². The van der Waals surface area contributed by atoms with Crippen molar-refractivity contribution < 1.29 is 9.84 Å². The summed E-state index contributed by atoms with van der Waals surface area (Å²) in [6.45, 7) is 1.62. The van der Waals surface area contributed by atoms with Gasteiger partial charge in [-0.3, -0.25) is 4.68 Å². The summed E-state index contributed by atoms with van der Waals surface area (Å²) in [4.78, 5) is 3.85. The second-order valence-corrected chi connectivity index (χ2v) is 3.26. The first-order valence-corrected chi connectivity index (χ1v) is 4.45. The summed E-state index contributed by atoms with van der Waals surface area (Å²) in [5.74, 6) is 0.254. The Balaban J connectivity index is 1.94. The van der Waals surface area contributed by atoms with Gasteiger partial charge in [0.2, 0.25) is 0 Å². The quantitative estimate of drug-likeness (QED) is 0.697. The Morgan fingerprint density at radius 1 is 1.62 bits per heavy atom. The monoisotopic (exact) mass is 183 g/mol. The van der Waals surface area contributed by atoms with Crippen LogP contribution in [0.15, 0.2) is 12.7 Å². The number of hydrogen-bond donors (Lipinski definition) is 1. The second-order valence-electron chi connectivity index (χ2n) is 3.26. The van der Waals surface area contributed by atoms with Crippen LogP contribution in [-0.2, 0) is 11.3 Å². The molecule has 1 aliphatic heterocycles. The van der Waals surface area contributed by atoms with E-state index >= 15 is 0 Å². The van der Waals surface area contributed by atoms with Gasteiger partial charge in [0.05, 0.1) is 12.6 Å². The molecule has 2 heterocycles. The molecule has 2 atom stereocenters. The largest absolute Gasteiger partial charge is 0.396 e. The number of hydrogen-bond acceptors (Lipinski definition) is 4. The van der Waals surface area contributed by atoms with Gasteiger partial charge in [-0.1, -0.05) is 0 Å². The fourth-order valence-corrected chi connectivity index (χ4v) is 1.61. The lowest BCUT2D eigenvalue weighted by atomic mass is 10.0. The molecule has 0 radical (unpaired) electrons. The van der Waals surface area contributed by atoms with Crippen LogP contribution in [-0.4, -0.2) is 39.2 Å². The summed E-state index contributed by atoms with van der Waals surface area (Å²) in [7, 11) is 0. The normalized spacial score (nSPS) is 28.1. The van der Waals surface area contributed by atoms with E-state index in [-0.39, 0.29) is 18.6 Å². The lowest BCUT2D eigenvalue weighted by Crippen LogP contribution is -2.25. The zero-order valence-electron chi connectivity index (χ0n) is 7.33. The van der Waals surface area contributed by atoms with Crippen molar-refractivity contribution in [2.45, 2.75) is 19.1 Å². The Kier molecular flexibility index (Phi) is 2.56. The molecule has 1 N–H and O–H groups in total. The highest BCUT2D eigenvalue weighted by molar-refractivity contribution is 4.76. The van der Waals surface area contributed by atoms with Gasteiger partial charge in [0.15, 0.2) is 0 Å². The van der Waals surface area contributed by atoms with Gasteiger partial charge in [-0.05, 0) is 6.42 Å². The Morgan fingerprint density at radius 3 is 3.23 bits per heavy atom. The van der Waals surface area contributed by atoms with Crippen LogP contribution in [0.4, 0.5) is 0 Å². The minimum atomic E-state index is 0.0895. The molecular weight excluding hydrogens is 170 g/mol. The molecule has 2 rings (SSSR count). The van der Waals surface area contributed by atoms with Crippen LogP contribution in [0.5, 0.6) is 0 Å². The highest BCUT2D eigenvalue weighted by Crippen LogP contribution is 2.21. The van der Waals surface area contributed by atoms with Crippen molar-refractivity contribution in [1.29, 1.82) is 0 Å². The molecule has 72 valence electrons. The van der Waals surface area contributed by atoms with E-state index in [2.05, 4.69) is 10.1 Å². The van der Waals surface area contributed by atoms with Gasteiger partial charge in [0.1, 0.15) is 12.7 Å². The summed E-state index contributed by atoms with van der Waals surface area (Å²) in [6.07, 6.45) is 4.20. The second kappa shape index (κ2) is 3.85. The predicted molar refractivity (Wildman–Crippen MR) is 45.0 cm³/mol. The minimum absolute atomic E-state index is 0.0895. The first kappa shape index (κ1) is 8.65. The average Bonchev–Trinajstić information content (AvgIpc) is 2.76. The molecule has 0 aliphatic carbocycles. The molecule has 0 bridgehead atoms. The summed E-state index contributed by atoms with van der Waals surface area (Å²) in [5, 5.41) is 13.0. The van der Waals surface area contributed by atoms with Gasteiger partial charge in [-0.15, -0.1) is 0 Å². The van der Waals surface area contributed by atoms with Crippen molar-refractivity contribution >= 4 is 0 Å². The summed E-state index contributed by atoms with van der Waals surface area (Å²) in [6, 6.07) is 0. The third kappa shape index (κ3) is 1.87. The topological polar surface area (TPSA) is 60.2 Å². The molecule has 0 spiro atoms. The highest BCUT2D eigenvalue weighted by Gasteiger charge is 2.27. The van der Waals surface area contributed by atoms with Gasteiger partial charge >= 0.3 is 0 Å². The number of aromatic nitrogens is 3. The maximum atomic E-state index is 9.04. The SMILES string of the molecule is OCC1CCOC1Cn1cncn1. The number of nitrogens with zero attached hydrogens (tertiary/aromatic N) is 3. The van der Waals surface area contributed by atoms with Crippen LogP contribution in [0.1, 0.15) is 6.42 Å². The maximum Gasteiger partial charge on any atom is 0.137 e. The Labute approximate surface area is 76.3 Å². The molecule has 5 heteroatoms. The zero-order chi connectivity index (χ0) is 9.10. The summed E-state index contributed by atoms with van der Waals surface area (Å²) < 4.78 is 7.22. The molecule has 0 saturated carbocycles. The molecule has 0 aromatic carbocycles. The molecule has 0 amide bonds. The van der Waals surface area contributed by atoms with Gasteiger partial charge in [0.25, 0.3) is 0 Å². The van der Waals surface area contributed by atoms with Crippen molar-refractivity contribution in [2.75, 3.05) is 13.2 Å². The summed E-state index contributed by atoms with van der Waals surface area (Å²) >= 11 is 0. The van der Waals surface area contributed by atoms with Crippen LogP contribution < -0.4 is 0 Å². The van der Waals surface area contributed by atoms with Crippen LogP contribution >= 0.6 is 0 Å². The first-order chi connectivity index (χ1) is 6.40. The van der Waals surface area contributed by atoms with E-state index in [4.69, 9.17) is 9.84 Å². The first-order valence-electron chi connectivity index (χ1n) is 4.45. The molecule has 13 heavy (non-hydrogen) atoms. The van der Waals surface area contributed by atoms with E-state index in [1.807, 2.05) is 0 Å². The molecule has 1 aromatic heterocycles. The van der Waals surface area contributed by atoms with Crippen molar-refractivity contribution in [3.63, 3.8) is 0 Å². The van der Waals surface area contributed by atoms with E-state index in [9.17, 15) is 0 Å². The number of ether oxygens (including phenoxy) is 1. The summed E-state index contributed by atoms with van der Waals surface area (Å²) in [5.41, 5.74) is 0. The number of rotatable bonds is 3. The van der Waals surface area contributed by atoms with Gasteiger partial charge in [-0.2, -0.15) is 5.10 Å². The average molecular weight is 183 g/mol. The lowest BCUT2D eigenvalue weighted by molar-refractivity contribution is 0.0565. The molecule has 1 aliphatic rings. The standard InChI is InChI=1S/C8H13N3O2/c12-4-7-1-2-13-8(7)3-11-6-9-5-10-11/h5-8,12H,1-4H2. The van der Waals surface area contributed by atoms with Crippen LogP contribution in [0.2, 0.25) is 0 Å². The highest BCUT2D eigenvalue weighted by atomic mass is 16.5. The Hall–Kier alpha value is -0.940. The van der Waals surface area contributed by atoms with Gasteiger partial charge in [0, 0.05) is 19.1 Å². The van der Waals surface area contributed by atoms with E-state index in [0.29, 0.717) is 6.54 Å². The van der Waals surface area contributed by atoms with Crippen LogP contribution in [0.3, 0.4) is 0 Å². The molecular formula is C8H13N3O2. The third-order valence-electron chi connectivity index (χ3n) is 2.41. The van der Waals surface area contributed by atoms with Crippen LogP contribution in [0, 0.1) is 5.92 Å². The number of aliphatic hydroxyl groups excluding tert-OH is 1. The Bertz CT molecular complexity index is 250. The van der Waals surface area contributed by atoms with E-state index < -0.39 is 0 Å². The van der Waals surface area contributed by atoms with E-state index in [0.717, 1.165) is 13.0 Å². The smallest absolute Gasteiger partial charge is 0.137 e. The van der Waals surface area contributed by atoms with Crippen LogP contribution in [0.25, 0.3) is 0 Å². The maximum absolute atomic E-state index is 9.04. The fraction of sp³-hybridized carbons (Fsp3) is 0.750. The van der Waals surface area contributed by atoms with Gasteiger partial charge in [-0.25, -0.2) is 4.98 Å². The van der Waals surface area contributed by atoms with Gasteiger partial charge < -0.3 is 9.84 Å². The minimum Gasteiger partial charge on any atom is -0.396 e. The van der Waals surface area contributed by atoms with E-state index in [1.54, 1.807) is 11.0 Å². The molecule has 1 fully saturated rings. The zero-order valence-corrected chi connectivity index (χ0v) is 7.33. The third-order valence-corrected chi connectivity index (χ3v) is 2.41. The number of aliphatic hydroxyl groups is 1. The fourth-order valence-electron chi connectivity index (χ4n) is 1.61. The van der Waals surface area contributed by atoms with Crippen molar-refractivity contribution in [3.8, 4) is 0 Å². The Morgan fingerprint density at radius 2 is 2.54 bits per heavy atom. The molecule has 2 unspecified atom stereocenters. The van der Waals surface area contributed by atoms with Crippen molar-refractivity contribution in [2.24, 2.45) is 5.92 Å². The lowest BCUT2D eigenvalue weighted by Gasteiger charge is -2.15. The predicted octanol–water partition coefficient (Wildman–Crippen LogP) is -0.325. The molecule has 1 aromatic rings. The van der Waals surface area contributed by atoms with Crippen molar-refractivity contribution in [3.05, 3.63) is 12.7 Å².